The quantitative estimate of drug-likeness (QED) is 0.542. The first-order chi connectivity index (χ1) is 12.6. The summed E-state index contributed by atoms with van der Waals surface area (Å²) in [4.78, 5) is 0. The maximum Gasteiger partial charge on any atom is 0.124 e. The summed E-state index contributed by atoms with van der Waals surface area (Å²) in [6.45, 7) is 0. The normalized spacial score (nSPS) is 11.0. The van der Waals surface area contributed by atoms with Crippen molar-refractivity contribution in [2.75, 3.05) is 14.2 Å². The summed E-state index contributed by atoms with van der Waals surface area (Å²) in [7, 11) is 3.23. The van der Waals surface area contributed by atoms with Gasteiger partial charge in [-0.2, -0.15) is 0 Å². The largest absolute Gasteiger partial charge is 0.507 e. The molecule has 0 unspecified atom stereocenters. The van der Waals surface area contributed by atoms with Crippen molar-refractivity contribution in [2.24, 2.45) is 0 Å². The zero-order valence-corrected chi connectivity index (χ0v) is 14.5. The highest BCUT2D eigenvalue weighted by molar-refractivity contribution is 6.10. The molecule has 0 heterocycles. The molecule has 0 radical (unpaired) electrons. The lowest BCUT2D eigenvalue weighted by molar-refractivity contribution is 0.415. The van der Waals surface area contributed by atoms with Crippen LogP contribution < -0.4 is 9.47 Å². The lowest BCUT2D eigenvalue weighted by atomic mass is 9.92. The maximum absolute atomic E-state index is 10.6. The van der Waals surface area contributed by atoms with Crippen LogP contribution in [0.15, 0.2) is 60.7 Å². The van der Waals surface area contributed by atoms with Crippen LogP contribution in [-0.2, 0) is 0 Å². The van der Waals surface area contributed by atoms with E-state index in [-0.39, 0.29) is 11.5 Å². The number of phenols is 2. The third-order valence-electron chi connectivity index (χ3n) is 4.66. The fourth-order valence-corrected chi connectivity index (χ4v) is 3.37. The Kier molecular flexibility index (Phi) is 3.81. The molecule has 26 heavy (non-hydrogen) atoms. The Morgan fingerprint density at radius 1 is 0.577 bits per heavy atom. The van der Waals surface area contributed by atoms with Crippen LogP contribution in [-0.4, -0.2) is 24.4 Å². The minimum Gasteiger partial charge on any atom is -0.507 e. The highest BCUT2D eigenvalue weighted by Crippen LogP contribution is 2.45. The van der Waals surface area contributed by atoms with Gasteiger partial charge in [0.1, 0.15) is 23.0 Å². The van der Waals surface area contributed by atoms with E-state index < -0.39 is 0 Å². The summed E-state index contributed by atoms with van der Waals surface area (Å²) in [6.07, 6.45) is 0. The van der Waals surface area contributed by atoms with Crippen molar-refractivity contribution >= 4 is 21.5 Å². The van der Waals surface area contributed by atoms with E-state index in [1.54, 1.807) is 26.4 Å². The molecule has 0 saturated carbocycles. The van der Waals surface area contributed by atoms with E-state index in [4.69, 9.17) is 9.47 Å². The summed E-state index contributed by atoms with van der Waals surface area (Å²) in [5.41, 5.74) is 1.19. The minimum absolute atomic E-state index is 0.112. The standard InChI is InChI=1S/C22H18O4/c1-25-15-5-7-17-13(11-15)3-9-19(23)21(17)22-18-8-6-16(26-2)12-14(18)4-10-20(22)24/h3-12,23-24H,1-2H3. The molecule has 4 nitrogen and oxygen atoms in total. The molecule has 130 valence electrons. The van der Waals surface area contributed by atoms with Crippen LogP contribution in [0.2, 0.25) is 0 Å². The molecule has 0 aromatic heterocycles. The molecule has 0 aliphatic heterocycles. The monoisotopic (exact) mass is 346 g/mol. The van der Waals surface area contributed by atoms with Crippen LogP contribution >= 0.6 is 0 Å². The number of hydrogen-bond acceptors (Lipinski definition) is 4. The molecule has 0 atom stereocenters. The number of methoxy groups -OCH3 is 2. The van der Waals surface area contributed by atoms with E-state index in [1.807, 2.05) is 48.5 Å². The summed E-state index contributed by atoms with van der Waals surface area (Å²) in [6, 6.07) is 18.2. The van der Waals surface area contributed by atoms with Gasteiger partial charge in [-0.05, 0) is 70.1 Å². The van der Waals surface area contributed by atoms with Crippen molar-refractivity contribution in [1.82, 2.24) is 0 Å². The Labute approximate surface area is 150 Å². The first-order valence-corrected chi connectivity index (χ1v) is 8.22. The fourth-order valence-electron chi connectivity index (χ4n) is 3.37. The van der Waals surface area contributed by atoms with Crippen molar-refractivity contribution in [1.29, 1.82) is 0 Å². The van der Waals surface area contributed by atoms with Crippen LogP contribution in [0, 0.1) is 0 Å². The molecule has 2 N–H and O–H groups in total. The number of rotatable bonds is 3. The third kappa shape index (κ3) is 2.47. The summed E-state index contributed by atoms with van der Waals surface area (Å²) in [5, 5.41) is 24.7. The minimum atomic E-state index is 0.112. The van der Waals surface area contributed by atoms with E-state index in [0.717, 1.165) is 33.0 Å². The van der Waals surface area contributed by atoms with E-state index in [0.29, 0.717) is 11.1 Å². The molecule has 0 saturated heterocycles. The van der Waals surface area contributed by atoms with Gasteiger partial charge >= 0.3 is 0 Å². The van der Waals surface area contributed by atoms with Gasteiger partial charge in [0.05, 0.1) is 14.2 Å². The Hall–Kier alpha value is -3.40. The summed E-state index contributed by atoms with van der Waals surface area (Å²) >= 11 is 0. The maximum atomic E-state index is 10.6. The lowest BCUT2D eigenvalue weighted by Gasteiger charge is -2.15. The number of hydrogen-bond donors (Lipinski definition) is 2. The number of phenolic OH excluding ortho intramolecular Hbond substituents is 2. The number of ether oxygens (including phenoxy) is 2. The van der Waals surface area contributed by atoms with Gasteiger partial charge < -0.3 is 19.7 Å². The number of aromatic hydroxyl groups is 2. The van der Waals surface area contributed by atoms with Crippen LogP contribution in [0.1, 0.15) is 0 Å². The van der Waals surface area contributed by atoms with Crippen molar-refractivity contribution in [3.05, 3.63) is 60.7 Å². The average molecular weight is 346 g/mol. The molecule has 4 rings (SSSR count). The molecule has 4 aromatic carbocycles. The van der Waals surface area contributed by atoms with Crippen molar-refractivity contribution in [2.45, 2.75) is 0 Å². The van der Waals surface area contributed by atoms with Gasteiger partial charge in [0.25, 0.3) is 0 Å². The van der Waals surface area contributed by atoms with E-state index in [1.165, 1.54) is 0 Å². The van der Waals surface area contributed by atoms with Gasteiger partial charge in [0.15, 0.2) is 0 Å². The first-order valence-electron chi connectivity index (χ1n) is 8.22. The van der Waals surface area contributed by atoms with Crippen molar-refractivity contribution in [3.63, 3.8) is 0 Å². The first kappa shape index (κ1) is 16.1. The molecule has 4 heteroatoms. The lowest BCUT2D eigenvalue weighted by Crippen LogP contribution is -1.89. The van der Waals surface area contributed by atoms with E-state index in [9.17, 15) is 10.2 Å². The highest BCUT2D eigenvalue weighted by Gasteiger charge is 2.17. The Bertz CT molecular complexity index is 1040. The molecular formula is C22H18O4. The molecule has 0 aliphatic rings. The molecular weight excluding hydrogens is 328 g/mol. The average Bonchev–Trinajstić information content (AvgIpc) is 2.68. The molecule has 0 amide bonds. The third-order valence-corrected chi connectivity index (χ3v) is 4.66. The summed E-state index contributed by atoms with van der Waals surface area (Å²) in [5.74, 6) is 1.70. The Balaban J connectivity index is 2.09. The van der Waals surface area contributed by atoms with Crippen LogP contribution in [0.3, 0.4) is 0 Å². The topological polar surface area (TPSA) is 58.9 Å². The zero-order chi connectivity index (χ0) is 18.3. The molecule has 0 fully saturated rings. The second kappa shape index (κ2) is 6.15. The second-order valence-electron chi connectivity index (χ2n) is 6.09. The Morgan fingerprint density at radius 3 is 1.38 bits per heavy atom. The van der Waals surface area contributed by atoms with Gasteiger partial charge in [-0.25, -0.2) is 0 Å². The number of benzene rings is 4. The molecule has 0 bridgehead atoms. The highest BCUT2D eigenvalue weighted by atomic mass is 16.5. The van der Waals surface area contributed by atoms with E-state index >= 15 is 0 Å². The molecule has 0 aliphatic carbocycles. The van der Waals surface area contributed by atoms with Crippen LogP contribution in [0.4, 0.5) is 0 Å². The van der Waals surface area contributed by atoms with Gasteiger partial charge in [-0.1, -0.05) is 12.1 Å². The Morgan fingerprint density at radius 2 is 1.00 bits per heavy atom. The van der Waals surface area contributed by atoms with Crippen molar-refractivity contribution < 1.29 is 19.7 Å². The van der Waals surface area contributed by atoms with Crippen LogP contribution in [0.5, 0.6) is 23.0 Å². The van der Waals surface area contributed by atoms with Crippen molar-refractivity contribution in [3.8, 4) is 34.1 Å². The van der Waals surface area contributed by atoms with Gasteiger partial charge in [-0.15, -0.1) is 0 Å². The second-order valence-corrected chi connectivity index (χ2v) is 6.09. The fraction of sp³-hybridized carbons (Fsp3) is 0.0909. The number of fused-ring (bicyclic) bond motifs is 2. The van der Waals surface area contributed by atoms with Gasteiger partial charge in [0, 0.05) is 11.1 Å². The van der Waals surface area contributed by atoms with Gasteiger partial charge in [-0.3, -0.25) is 0 Å². The predicted octanol–water partition coefficient (Wildman–Crippen LogP) is 5.09. The smallest absolute Gasteiger partial charge is 0.124 e. The zero-order valence-electron chi connectivity index (χ0n) is 14.5. The van der Waals surface area contributed by atoms with E-state index in [2.05, 4.69) is 0 Å². The molecule has 0 spiro atoms. The summed E-state index contributed by atoms with van der Waals surface area (Å²) < 4.78 is 10.6. The van der Waals surface area contributed by atoms with Gasteiger partial charge in [0.2, 0.25) is 0 Å². The SMILES string of the molecule is COc1ccc2c(-c3c(O)ccc4cc(OC)ccc34)c(O)ccc2c1. The van der Waals surface area contributed by atoms with Crippen LogP contribution in [0.25, 0.3) is 32.7 Å². The molecule has 4 aromatic rings. The predicted molar refractivity (Wildman–Crippen MR) is 103 cm³/mol.